The molecule has 4 aromatic rings. The number of aromatic nitrogens is 4. The third-order valence-electron chi connectivity index (χ3n) is 5.05. The fraction of sp³-hybridized carbons (Fsp3) is 0.273. The molecule has 35 heavy (non-hydrogen) atoms. The zero-order valence-corrected chi connectivity index (χ0v) is 21.2. The summed E-state index contributed by atoms with van der Waals surface area (Å²) in [4.78, 5) is 25.3. The number of nitrogens with zero attached hydrogens (tertiary/aromatic N) is 4. The number of aliphatic hydroxyl groups excluding tert-OH is 1. The van der Waals surface area contributed by atoms with Gasteiger partial charge in [0.05, 0.1) is 41.7 Å². The topological polar surface area (TPSA) is 150 Å². The number of carbonyl (C=O) groups excluding carboxylic acids is 1. The van der Waals surface area contributed by atoms with Crippen molar-refractivity contribution in [2.45, 2.75) is 31.8 Å². The molecule has 0 spiro atoms. The Bertz CT molecular complexity index is 1520. The largest absolute Gasteiger partial charge is 0.469 e. The molecule has 0 aliphatic heterocycles. The summed E-state index contributed by atoms with van der Waals surface area (Å²) in [6, 6.07) is 5.17. The summed E-state index contributed by atoms with van der Waals surface area (Å²) in [5.41, 5.74) is 8.26. The molecule has 0 unspecified atom stereocenters. The molecule has 1 amide bonds. The first-order chi connectivity index (χ1) is 16.5. The molecule has 3 N–H and O–H groups in total. The van der Waals surface area contributed by atoms with E-state index in [0.717, 1.165) is 6.26 Å². The molecular weight excluding hydrogens is 514 g/mol. The molecule has 0 fully saturated rings. The van der Waals surface area contributed by atoms with Gasteiger partial charge in [-0.05, 0) is 18.6 Å². The summed E-state index contributed by atoms with van der Waals surface area (Å²) >= 11 is 7.59. The number of fused-ring (bicyclic) bond motifs is 1. The number of sulfone groups is 1. The lowest BCUT2D eigenvalue weighted by Gasteiger charge is -2.16. The molecule has 3 heterocycles. The van der Waals surface area contributed by atoms with Gasteiger partial charge in [0.2, 0.25) is 11.8 Å². The number of rotatable bonds is 9. The average Bonchev–Trinajstić information content (AvgIpc) is 3.35. The van der Waals surface area contributed by atoms with E-state index in [2.05, 4.69) is 15.0 Å². The van der Waals surface area contributed by atoms with Gasteiger partial charge in [0.1, 0.15) is 16.8 Å². The van der Waals surface area contributed by atoms with Gasteiger partial charge in [-0.15, -0.1) is 11.3 Å². The minimum absolute atomic E-state index is 0.0749. The van der Waals surface area contributed by atoms with Gasteiger partial charge < -0.3 is 15.6 Å². The quantitative estimate of drug-likeness (QED) is 0.332. The number of hydrogen-bond acceptors (Lipinski definition) is 9. The Morgan fingerprint density at radius 1 is 1.31 bits per heavy atom. The van der Waals surface area contributed by atoms with E-state index in [1.165, 1.54) is 17.5 Å². The van der Waals surface area contributed by atoms with Crippen LogP contribution in [-0.4, -0.2) is 45.0 Å². The first-order valence-corrected chi connectivity index (χ1v) is 13.6. The van der Waals surface area contributed by atoms with Gasteiger partial charge in [0.15, 0.2) is 15.5 Å². The van der Waals surface area contributed by atoms with Crippen LogP contribution in [-0.2, 0) is 33.4 Å². The number of amides is 1. The van der Waals surface area contributed by atoms with Gasteiger partial charge >= 0.3 is 0 Å². The van der Waals surface area contributed by atoms with Crippen molar-refractivity contribution >= 4 is 44.3 Å². The van der Waals surface area contributed by atoms with Crippen molar-refractivity contribution in [1.29, 1.82) is 0 Å². The minimum Gasteiger partial charge on any atom is -0.469 e. The summed E-state index contributed by atoms with van der Waals surface area (Å²) < 4.78 is 31.2. The van der Waals surface area contributed by atoms with E-state index >= 15 is 0 Å². The van der Waals surface area contributed by atoms with Gasteiger partial charge in [-0.25, -0.2) is 13.4 Å². The highest BCUT2D eigenvalue weighted by atomic mass is 35.5. The second-order valence-electron chi connectivity index (χ2n) is 7.98. The summed E-state index contributed by atoms with van der Waals surface area (Å²) in [6.45, 7) is 1.67. The molecular formula is C22H22ClN5O5S2. The molecule has 3 aromatic heterocycles. The van der Waals surface area contributed by atoms with Crippen molar-refractivity contribution in [2.75, 3.05) is 6.26 Å². The molecule has 13 heteroatoms. The molecule has 0 saturated heterocycles. The van der Waals surface area contributed by atoms with Crippen molar-refractivity contribution in [2.24, 2.45) is 5.73 Å². The molecule has 184 valence electrons. The Morgan fingerprint density at radius 3 is 2.74 bits per heavy atom. The molecule has 0 aliphatic rings. The molecule has 4 rings (SSSR count). The highest BCUT2D eigenvalue weighted by Crippen LogP contribution is 2.36. The number of primary amides is 1. The van der Waals surface area contributed by atoms with Crippen molar-refractivity contribution in [3.8, 4) is 16.6 Å². The highest BCUT2D eigenvalue weighted by Gasteiger charge is 2.22. The SMILES string of the molecule is C[C@@H](Oc1nc(-c2cnc3cnc(CS(C)(=O)=O)cn23)sc1CC(N)=O)c1ccc(CO)cc1Cl. The van der Waals surface area contributed by atoms with Crippen LogP contribution in [0, 0.1) is 0 Å². The monoisotopic (exact) mass is 535 g/mol. The second kappa shape index (κ2) is 9.90. The summed E-state index contributed by atoms with van der Waals surface area (Å²) in [5.74, 6) is -0.521. The maximum atomic E-state index is 11.7. The Kier molecular flexibility index (Phi) is 7.08. The lowest BCUT2D eigenvalue weighted by atomic mass is 10.1. The fourth-order valence-electron chi connectivity index (χ4n) is 3.47. The third kappa shape index (κ3) is 5.78. The van der Waals surface area contributed by atoms with Crippen LogP contribution in [0.2, 0.25) is 5.02 Å². The zero-order chi connectivity index (χ0) is 25.3. The summed E-state index contributed by atoms with van der Waals surface area (Å²) in [6.07, 6.45) is 5.22. The summed E-state index contributed by atoms with van der Waals surface area (Å²) in [5, 5.41) is 10.2. The molecule has 0 saturated carbocycles. The fourth-order valence-corrected chi connectivity index (χ4v) is 5.53. The van der Waals surface area contributed by atoms with Crippen LogP contribution >= 0.6 is 22.9 Å². The van der Waals surface area contributed by atoms with E-state index < -0.39 is 21.8 Å². The second-order valence-corrected chi connectivity index (χ2v) is 11.6. The van der Waals surface area contributed by atoms with Crippen molar-refractivity contribution in [3.63, 3.8) is 0 Å². The average molecular weight is 536 g/mol. The van der Waals surface area contributed by atoms with Crippen LogP contribution < -0.4 is 10.5 Å². The number of carbonyl (C=O) groups is 1. The first kappa shape index (κ1) is 25.0. The predicted octanol–water partition coefficient (Wildman–Crippen LogP) is 2.71. The number of thiazole rings is 1. The number of imidazole rings is 1. The lowest BCUT2D eigenvalue weighted by molar-refractivity contribution is -0.117. The molecule has 10 nitrogen and oxygen atoms in total. The standard InChI is InChI=1S/C22H22ClN5O5S2/c1-12(15-4-3-13(10-29)5-16(15)23)33-21-18(6-19(24)30)34-22(27-21)17-7-26-20-8-25-14(9-28(17)20)11-35(2,31)32/h3-5,7-9,12,29H,6,10-11H2,1-2H3,(H2,24,30)/t12-/m1/s1. The van der Waals surface area contributed by atoms with Crippen LogP contribution in [0.25, 0.3) is 16.3 Å². The molecule has 0 bridgehead atoms. The van der Waals surface area contributed by atoms with Crippen LogP contribution in [0.5, 0.6) is 5.88 Å². The smallest absolute Gasteiger partial charge is 0.229 e. The maximum absolute atomic E-state index is 11.7. The van der Waals surface area contributed by atoms with Crippen LogP contribution in [0.1, 0.15) is 34.7 Å². The Morgan fingerprint density at radius 2 is 2.09 bits per heavy atom. The minimum atomic E-state index is -3.28. The number of hydrogen-bond donors (Lipinski definition) is 2. The van der Waals surface area contributed by atoms with Gasteiger partial charge in [0, 0.05) is 23.0 Å². The normalized spacial score (nSPS) is 12.7. The van der Waals surface area contributed by atoms with E-state index in [0.29, 0.717) is 43.1 Å². The molecule has 0 aliphatic carbocycles. The summed E-state index contributed by atoms with van der Waals surface area (Å²) in [7, 11) is -3.28. The van der Waals surface area contributed by atoms with Gasteiger partial charge in [-0.2, -0.15) is 4.98 Å². The molecule has 1 aromatic carbocycles. The Hall–Kier alpha value is -3.06. The van der Waals surface area contributed by atoms with E-state index in [9.17, 15) is 18.3 Å². The lowest BCUT2D eigenvalue weighted by Crippen LogP contribution is -2.14. The van der Waals surface area contributed by atoms with Crippen LogP contribution in [0.3, 0.4) is 0 Å². The number of benzene rings is 1. The molecule has 1 atom stereocenters. The van der Waals surface area contributed by atoms with Gasteiger partial charge in [-0.1, -0.05) is 23.7 Å². The van der Waals surface area contributed by atoms with Crippen LogP contribution in [0.4, 0.5) is 0 Å². The van der Waals surface area contributed by atoms with E-state index in [1.807, 2.05) is 0 Å². The van der Waals surface area contributed by atoms with E-state index in [-0.39, 0.29) is 24.7 Å². The number of aliphatic hydroxyl groups is 1. The zero-order valence-electron chi connectivity index (χ0n) is 18.8. The number of ether oxygens (including phenoxy) is 1. The number of nitrogens with two attached hydrogens (primary N) is 1. The van der Waals surface area contributed by atoms with Gasteiger partial charge in [0.25, 0.3) is 0 Å². The maximum Gasteiger partial charge on any atom is 0.229 e. The Balaban J connectivity index is 1.71. The molecule has 0 radical (unpaired) electrons. The Labute approximate surface area is 210 Å². The number of halogens is 1. The predicted molar refractivity (Wildman–Crippen MR) is 132 cm³/mol. The van der Waals surface area contributed by atoms with Gasteiger partial charge in [-0.3, -0.25) is 14.2 Å². The van der Waals surface area contributed by atoms with Crippen LogP contribution in [0.15, 0.2) is 36.8 Å². The van der Waals surface area contributed by atoms with Crippen molar-refractivity contribution in [1.82, 2.24) is 19.4 Å². The van der Waals surface area contributed by atoms with Crippen molar-refractivity contribution in [3.05, 3.63) is 63.5 Å². The highest BCUT2D eigenvalue weighted by molar-refractivity contribution is 7.89. The van der Waals surface area contributed by atoms with E-state index in [1.54, 1.807) is 41.9 Å². The third-order valence-corrected chi connectivity index (χ3v) is 7.26. The van der Waals surface area contributed by atoms with Crippen molar-refractivity contribution < 1.29 is 23.1 Å². The first-order valence-electron chi connectivity index (χ1n) is 10.4. The van der Waals surface area contributed by atoms with E-state index in [4.69, 9.17) is 22.1 Å².